The third-order valence-electron chi connectivity index (χ3n) is 3.27. The molecule has 2 aromatic heterocycles. The Morgan fingerprint density at radius 2 is 2.10 bits per heavy atom. The highest BCUT2D eigenvalue weighted by Gasteiger charge is 2.24. The Bertz CT molecular complexity index is 767. The van der Waals surface area contributed by atoms with Crippen LogP contribution in [0.15, 0.2) is 40.1 Å². The van der Waals surface area contributed by atoms with Crippen LogP contribution in [0, 0.1) is 0 Å². The molecule has 0 aliphatic carbocycles. The van der Waals surface area contributed by atoms with Gasteiger partial charge in [0.05, 0.1) is 12.7 Å². The van der Waals surface area contributed by atoms with E-state index in [2.05, 4.69) is 0 Å². The van der Waals surface area contributed by atoms with Crippen molar-refractivity contribution in [2.75, 3.05) is 7.11 Å². The number of methoxy groups -OCH3 is 1. The van der Waals surface area contributed by atoms with Gasteiger partial charge in [-0.3, -0.25) is 4.79 Å². The van der Waals surface area contributed by atoms with Gasteiger partial charge in [0.2, 0.25) is 5.78 Å². The van der Waals surface area contributed by atoms with Crippen LogP contribution in [-0.2, 0) is 6.42 Å². The summed E-state index contributed by atoms with van der Waals surface area (Å²) in [6.45, 7) is 1.99. The standard InChI is InChI=1S/C16H14O3S/c1-3-11-14(10-6-4-5-7-12(10)19-11)15(17)16-13(18-2)8-9-20-16/h4-9H,3H2,1-2H3. The van der Waals surface area contributed by atoms with Crippen LogP contribution < -0.4 is 4.74 Å². The second-order valence-corrected chi connectivity index (χ2v) is 5.31. The molecule has 20 heavy (non-hydrogen) atoms. The van der Waals surface area contributed by atoms with Crippen LogP contribution in [0.4, 0.5) is 0 Å². The smallest absolute Gasteiger partial charge is 0.210 e. The van der Waals surface area contributed by atoms with Gasteiger partial charge < -0.3 is 9.15 Å². The summed E-state index contributed by atoms with van der Waals surface area (Å²) in [6.07, 6.45) is 0.684. The molecule has 0 amide bonds. The maximum Gasteiger partial charge on any atom is 0.210 e. The molecule has 0 N–H and O–H groups in total. The average molecular weight is 286 g/mol. The van der Waals surface area contributed by atoms with E-state index in [0.29, 0.717) is 22.6 Å². The Balaban J connectivity index is 2.21. The van der Waals surface area contributed by atoms with Crippen molar-refractivity contribution < 1.29 is 13.9 Å². The fourth-order valence-electron chi connectivity index (χ4n) is 2.33. The van der Waals surface area contributed by atoms with Crippen LogP contribution in [0.3, 0.4) is 0 Å². The number of fused-ring (bicyclic) bond motifs is 1. The zero-order chi connectivity index (χ0) is 14.1. The molecule has 0 aliphatic heterocycles. The summed E-state index contributed by atoms with van der Waals surface area (Å²) in [5.74, 6) is 1.32. The van der Waals surface area contributed by atoms with Gasteiger partial charge in [-0.25, -0.2) is 0 Å². The van der Waals surface area contributed by atoms with E-state index < -0.39 is 0 Å². The normalized spacial score (nSPS) is 10.9. The van der Waals surface area contributed by atoms with Crippen LogP contribution in [0.1, 0.15) is 27.9 Å². The molecule has 3 aromatic rings. The summed E-state index contributed by atoms with van der Waals surface area (Å²) in [4.78, 5) is 13.4. The van der Waals surface area contributed by atoms with E-state index >= 15 is 0 Å². The maximum atomic E-state index is 12.8. The quantitative estimate of drug-likeness (QED) is 0.671. The minimum Gasteiger partial charge on any atom is -0.495 e. The summed E-state index contributed by atoms with van der Waals surface area (Å²) in [5.41, 5.74) is 1.41. The van der Waals surface area contributed by atoms with Gasteiger partial charge in [-0.1, -0.05) is 25.1 Å². The molecule has 0 unspecified atom stereocenters. The first kappa shape index (κ1) is 12.9. The van der Waals surface area contributed by atoms with Gasteiger partial charge in [0.25, 0.3) is 0 Å². The van der Waals surface area contributed by atoms with Crippen molar-refractivity contribution in [1.82, 2.24) is 0 Å². The van der Waals surface area contributed by atoms with Crippen LogP contribution >= 0.6 is 11.3 Å². The number of carbonyl (C=O) groups excluding carboxylic acids is 1. The number of rotatable bonds is 4. The zero-order valence-corrected chi connectivity index (χ0v) is 12.1. The number of ketones is 1. The van der Waals surface area contributed by atoms with Gasteiger partial charge in [0, 0.05) is 11.8 Å². The third kappa shape index (κ3) is 1.93. The Hall–Kier alpha value is -2.07. The molecule has 0 bridgehead atoms. The third-order valence-corrected chi connectivity index (χ3v) is 4.17. The first-order valence-electron chi connectivity index (χ1n) is 6.42. The van der Waals surface area contributed by atoms with Gasteiger partial charge in [-0.2, -0.15) is 0 Å². The topological polar surface area (TPSA) is 39.4 Å². The molecule has 2 heterocycles. The monoisotopic (exact) mass is 286 g/mol. The molecule has 0 aliphatic rings. The van der Waals surface area contributed by atoms with Crippen molar-refractivity contribution in [3.05, 3.63) is 51.9 Å². The Morgan fingerprint density at radius 3 is 2.85 bits per heavy atom. The first-order chi connectivity index (χ1) is 9.76. The Morgan fingerprint density at radius 1 is 1.30 bits per heavy atom. The van der Waals surface area contributed by atoms with E-state index in [1.54, 1.807) is 7.11 Å². The SMILES string of the molecule is CCc1oc2ccccc2c1C(=O)c1sccc1OC. The van der Waals surface area contributed by atoms with Gasteiger partial charge in [-0.15, -0.1) is 11.3 Å². The van der Waals surface area contributed by atoms with Gasteiger partial charge in [-0.05, 0) is 17.5 Å². The second-order valence-electron chi connectivity index (χ2n) is 4.40. The molecule has 0 radical (unpaired) electrons. The predicted molar refractivity (Wildman–Crippen MR) is 79.9 cm³/mol. The van der Waals surface area contributed by atoms with E-state index in [-0.39, 0.29) is 5.78 Å². The summed E-state index contributed by atoms with van der Waals surface area (Å²) in [6, 6.07) is 9.44. The number of hydrogen-bond acceptors (Lipinski definition) is 4. The van der Waals surface area contributed by atoms with E-state index in [0.717, 1.165) is 16.7 Å². The lowest BCUT2D eigenvalue weighted by atomic mass is 10.0. The van der Waals surface area contributed by atoms with Gasteiger partial charge >= 0.3 is 0 Å². The number of aryl methyl sites for hydroxylation is 1. The fourth-order valence-corrected chi connectivity index (χ4v) is 3.14. The molecule has 0 saturated heterocycles. The number of hydrogen-bond donors (Lipinski definition) is 0. The molecule has 0 fully saturated rings. The Kier molecular flexibility index (Phi) is 3.32. The fraction of sp³-hybridized carbons (Fsp3) is 0.188. The highest BCUT2D eigenvalue weighted by atomic mass is 32.1. The number of ether oxygens (including phenoxy) is 1. The van der Waals surface area contributed by atoms with Crippen molar-refractivity contribution in [1.29, 1.82) is 0 Å². The molecular weight excluding hydrogens is 272 g/mol. The van der Waals surface area contributed by atoms with Crippen molar-refractivity contribution >= 4 is 28.1 Å². The largest absolute Gasteiger partial charge is 0.495 e. The van der Waals surface area contributed by atoms with E-state index in [4.69, 9.17) is 9.15 Å². The lowest BCUT2D eigenvalue weighted by Crippen LogP contribution is -2.03. The van der Waals surface area contributed by atoms with Crippen LogP contribution in [0.5, 0.6) is 5.75 Å². The maximum absolute atomic E-state index is 12.8. The van der Waals surface area contributed by atoms with Gasteiger partial charge in [0.1, 0.15) is 22.0 Å². The van der Waals surface area contributed by atoms with Crippen molar-refractivity contribution in [3.63, 3.8) is 0 Å². The number of para-hydroxylation sites is 1. The number of thiophene rings is 1. The minimum absolute atomic E-state index is 0.0290. The highest BCUT2D eigenvalue weighted by molar-refractivity contribution is 7.12. The molecule has 3 nitrogen and oxygen atoms in total. The lowest BCUT2D eigenvalue weighted by Gasteiger charge is -2.02. The summed E-state index contributed by atoms with van der Waals surface area (Å²) in [7, 11) is 1.58. The second kappa shape index (κ2) is 5.13. The first-order valence-corrected chi connectivity index (χ1v) is 7.30. The van der Waals surface area contributed by atoms with E-state index in [1.807, 2.05) is 42.6 Å². The summed E-state index contributed by atoms with van der Waals surface area (Å²) < 4.78 is 11.0. The van der Waals surface area contributed by atoms with Crippen molar-refractivity contribution in [2.24, 2.45) is 0 Å². The van der Waals surface area contributed by atoms with Crippen molar-refractivity contribution in [3.8, 4) is 5.75 Å². The predicted octanol–water partition coefficient (Wildman–Crippen LogP) is 4.30. The summed E-state index contributed by atoms with van der Waals surface area (Å²) >= 11 is 1.39. The Labute approximate surface area is 120 Å². The summed E-state index contributed by atoms with van der Waals surface area (Å²) in [5, 5.41) is 2.73. The van der Waals surface area contributed by atoms with E-state index in [1.165, 1.54) is 11.3 Å². The average Bonchev–Trinajstić information content (AvgIpc) is 3.10. The molecule has 3 rings (SSSR count). The highest BCUT2D eigenvalue weighted by Crippen LogP contribution is 2.33. The molecule has 4 heteroatoms. The number of carbonyl (C=O) groups is 1. The molecule has 0 saturated carbocycles. The molecule has 102 valence electrons. The molecule has 1 aromatic carbocycles. The molecule has 0 atom stereocenters. The van der Waals surface area contributed by atoms with Crippen LogP contribution in [0.2, 0.25) is 0 Å². The molecular formula is C16H14O3S. The van der Waals surface area contributed by atoms with Gasteiger partial charge in [0.15, 0.2) is 0 Å². The van der Waals surface area contributed by atoms with Crippen LogP contribution in [0.25, 0.3) is 11.0 Å². The van der Waals surface area contributed by atoms with E-state index in [9.17, 15) is 4.79 Å². The lowest BCUT2D eigenvalue weighted by molar-refractivity contribution is 0.103. The van der Waals surface area contributed by atoms with Crippen LogP contribution in [-0.4, -0.2) is 12.9 Å². The molecule has 0 spiro atoms. The van der Waals surface area contributed by atoms with Crippen molar-refractivity contribution in [2.45, 2.75) is 13.3 Å². The zero-order valence-electron chi connectivity index (χ0n) is 11.3. The number of benzene rings is 1. The number of furan rings is 1. The minimum atomic E-state index is -0.0290.